The van der Waals surface area contributed by atoms with Crippen molar-refractivity contribution in [3.8, 4) is 0 Å². The van der Waals surface area contributed by atoms with E-state index in [0.717, 1.165) is 41.7 Å². The van der Waals surface area contributed by atoms with E-state index in [1.807, 2.05) is 66.7 Å². The van der Waals surface area contributed by atoms with Gasteiger partial charge in [0.25, 0.3) is 0 Å². The van der Waals surface area contributed by atoms with E-state index >= 15 is 0 Å². The molecule has 1 N–H and O–H groups in total. The van der Waals surface area contributed by atoms with Crippen LogP contribution in [0, 0.1) is 0 Å². The number of amides is 2. The molecule has 0 saturated heterocycles. The van der Waals surface area contributed by atoms with Gasteiger partial charge in [-0.2, -0.15) is 0 Å². The largest absolute Gasteiger partial charge is 0.352 e. The van der Waals surface area contributed by atoms with Crippen molar-refractivity contribution in [2.24, 2.45) is 0 Å². The molecule has 1 fully saturated rings. The van der Waals surface area contributed by atoms with Crippen LogP contribution in [0.2, 0.25) is 10.0 Å². The van der Waals surface area contributed by atoms with Crippen LogP contribution in [0.3, 0.4) is 0 Å². The van der Waals surface area contributed by atoms with Crippen LogP contribution >= 0.6 is 35.0 Å². The lowest BCUT2D eigenvalue weighted by atomic mass is 10.0. The summed E-state index contributed by atoms with van der Waals surface area (Å²) in [6.45, 7) is 0.222. The number of rotatable bonds is 10. The molecule has 0 aliphatic heterocycles. The van der Waals surface area contributed by atoms with Gasteiger partial charge in [0.1, 0.15) is 6.04 Å². The molecule has 0 heterocycles. The van der Waals surface area contributed by atoms with Crippen molar-refractivity contribution in [2.45, 2.75) is 55.6 Å². The van der Waals surface area contributed by atoms with Crippen molar-refractivity contribution in [1.82, 2.24) is 10.2 Å². The third kappa shape index (κ3) is 7.52. The number of hydrogen-bond acceptors (Lipinski definition) is 3. The topological polar surface area (TPSA) is 49.4 Å². The molecular formula is C29H30Cl2N2O2S. The van der Waals surface area contributed by atoms with Gasteiger partial charge in [0, 0.05) is 33.9 Å². The van der Waals surface area contributed by atoms with Gasteiger partial charge in [-0.3, -0.25) is 9.59 Å². The van der Waals surface area contributed by atoms with Crippen LogP contribution in [0.4, 0.5) is 0 Å². The molecule has 3 aromatic carbocycles. The summed E-state index contributed by atoms with van der Waals surface area (Å²) < 4.78 is 0. The predicted octanol–water partition coefficient (Wildman–Crippen LogP) is 6.78. The number of hydrogen-bond donors (Lipinski definition) is 1. The standard InChI is InChI=1S/C29H30Cl2N2O2S/c30-23-16-15-22(26(31)18-23)19-33(28(34)20-36-25-13-5-2-6-14-25)27(17-21-9-3-1-4-10-21)29(35)32-24-11-7-8-12-24/h1-6,9-10,13-16,18,24,27H,7-8,11-12,17,19-20H2,(H,32,35). The molecule has 0 aromatic heterocycles. The summed E-state index contributed by atoms with van der Waals surface area (Å²) in [6.07, 6.45) is 4.61. The fourth-order valence-electron chi connectivity index (χ4n) is 4.50. The highest BCUT2D eigenvalue weighted by atomic mass is 35.5. The van der Waals surface area contributed by atoms with Crippen molar-refractivity contribution in [1.29, 1.82) is 0 Å². The fourth-order valence-corrected chi connectivity index (χ4v) is 5.77. The lowest BCUT2D eigenvalue weighted by molar-refractivity contribution is -0.139. The monoisotopic (exact) mass is 540 g/mol. The minimum absolute atomic E-state index is 0.114. The second kappa shape index (κ2) is 13.2. The van der Waals surface area contributed by atoms with Crippen molar-refractivity contribution < 1.29 is 9.59 Å². The van der Waals surface area contributed by atoms with Crippen molar-refractivity contribution in [3.05, 3.63) is 100 Å². The van der Waals surface area contributed by atoms with Gasteiger partial charge in [-0.25, -0.2) is 0 Å². The van der Waals surface area contributed by atoms with Gasteiger partial charge < -0.3 is 10.2 Å². The minimum atomic E-state index is -0.663. The van der Waals surface area contributed by atoms with Crippen LogP contribution in [0.25, 0.3) is 0 Å². The zero-order valence-corrected chi connectivity index (χ0v) is 22.4. The van der Waals surface area contributed by atoms with E-state index in [-0.39, 0.29) is 30.2 Å². The third-order valence-electron chi connectivity index (χ3n) is 6.43. The van der Waals surface area contributed by atoms with Gasteiger partial charge in [-0.1, -0.05) is 90.6 Å². The van der Waals surface area contributed by atoms with Gasteiger partial charge in [0.2, 0.25) is 11.8 Å². The van der Waals surface area contributed by atoms with Crippen molar-refractivity contribution in [2.75, 3.05) is 5.75 Å². The molecule has 1 aliphatic carbocycles. The molecule has 4 nitrogen and oxygen atoms in total. The van der Waals surface area contributed by atoms with Gasteiger partial charge in [0.05, 0.1) is 5.75 Å². The van der Waals surface area contributed by atoms with Crippen LogP contribution in [-0.2, 0) is 22.6 Å². The lowest BCUT2D eigenvalue weighted by Gasteiger charge is -2.32. The van der Waals surface area contributed by atoms with Crippen molar-refractivity contribution >= 4 is 46.8 Å². The van der Waals surface area contributed by atoms with Gasteiger partial charge in [0.15, 0.2) is 0 Å². The highest BCUT2D eigenvalue weighted by Gasteiger charge is 2.32. The van der Waals surface area contributed by atoms with E-state index in [2.05, 4.69) is 5.32 Å². The van der Waals surface area contributed by atoms with Crippen LogP contribution in [-0.4, -0.2) is 34.6 Å². The van der Waals surface area contributed by atoms with E-state index in [1.165, 1.54) is 11.8 Å². The smallest absolute Gasteiger partial charge is 0.243 e. The van der Waals surface area contributed by atoms with Crippen LogP contribution in [0.5, 0.6) is 0 Å². The first-order valence-electron chi connectivity index (χ1n) is 12.2. The number of nitrogens with zero attached hydrogens (tertiary/aromatic N) is 1. The summed E-state index contributed by atoms with van der Waals surface area (Å²) in [5.41, 5.74) is 1.76. The quantitative estimate of drug-likeness (QED) is 0.288. The maximum Gasteiger partial charge on any atom is 0.243 e. The van der Waals surface area contributed by atoms with Crippen molar-refractivity contribution in [3.63, 3.8) is 0 Å². The second-order valence-electron chi connectivity index (χ2n) is 9.05. The molecule has 0 spiro atoms. The molecular weight excluding hydrogens is 511 g/mol. The molecule has 1 aliphatic rings. The van der Waals surface area contributed by atoms with Crippen LogP contribution in [0.15, 0.2) is 83.8 Å². The molecule has 1 unspecified atom stereocenters. The Balaban J connectivity index is 1.63. The highest BCUT2D eigenvalue weighted by molar-refractivity contribution is 8.00. The van der Waals surface area contributed by atoms with Gasteiger partial charge >= 0.3 is 0 Å². The molecule has 3 aromatic rings. The normalized spacial score (nSPS) is 14.4. The zero-order chi connectivity index (χ0) is 25.3. The first-order chi connectivity index (χ1) is 17.5. The first kappa shape index (κ1) is 26.6. The highest BCUT2D eigenvalue weighted by Crippen LogP contribution is 2.26. The molecule has 36 heavy (non-hydrogen) atoms. The molecule has 4 rings (SSSR count). The Bertz CT molecular complexity index is 1150. The Morgan fingerprint density at radius 1 is 0.944 bits per heavy atom. The first-order valence-corrected chi connectivity index (χ1v) is 14.0. The van der Waals surface area contributed by atoms with E-state index in [1.54, 1.807) is 17.0 Å². The average molecular weight is 542 g/mol. The number of benzene rings is 3. The molecule has 0 radical (unpaired) electrons. The SMILES string of the molecule is O=C(NC1CCCC1)C(Cc1ccccc1)N(Cc1ccc(Cl)cc1Cl)C(=O)CSc1ccccc1. The van der Waals surface area contributed by atoms with Crippen LogP contribution in [0.1, 0.15) is 36.8 Å². The van der Waals surface area contributed by atoms with Gasteiger partial charge in [-0.15, -0.1) is 11.8 Å². The number of carbonyl (C=O) groups is 2. The minimum Gasteiger partial charge on any atom is -0.352 e. The Morgan fingerprint density at radius 3 is 2.28 bits per heavy atom. The predicted molar refractivity (Wildman–Crippen MR) is 149 cm³/mol. The molecule has 1 atom stereocenters. The Morgan fingerprint density at radius 2 is 1.61 bits per heavy atom. The average Bonchev–Trinajstić information content (AvgIpc) is 3.40. The lowest BCUT2D eigenvalue weighted by Crippen LogP contribution is -2.52. The Labute approximate surface area is 227 Å². The van der Waals surface area contributed by atoms with Gasteiger partial charge in [-0.05, 0) is 48.2 Å². The summed E-state index contributed by atoms with van der Waals surface area (Å²) in [5.74, 6) is -0.0108. The maximum absolute atomic E-state index is 13.7. The molecule has 7 heteroatoms. The maximum atomic E-state index is 13.7. The number of thioether (sulfide) groups is 1. The fraction of sp³-hybridized carbons (Fsp3) is 0.310. The molecule has 0 bridgehead atoms. The molecule has 2 amide bonds. The summed E-state index contributed by atoms with van der Waals surface area (Å²) in [6, 6.07) is 24.4. The van der Waals surface area contributed by atoms with Crippen LogP contribution < -0.4 is 5.32 Å². The molecule has 188 valence electrons. The van der Waals surface area contributed by atoms with E-state index in [0.29, 0.717) is 16.5 Å². The number of carbonyl (C=O) groups excluding carboxylic acids is 2. The summed E-state index contributed by atoms with van der Waals surface area (Å²) in [5, 5.41) is 4.23. The van der Waals surface area contributed by atoms with E-state index in [9.17, 15) is 9.59 Å². The third-order valence-corrected chi connectivity index (χ3v) is 8.02. The number of nitrogens with one attached hydrogen (secondary N) is 1. The summed E-state index contributed by atoms with van der Waals surface area (Å²) >= 11 is 14.1. The Kier molecular flexibility index (Phi) is 9.74. The Hall–Kier alpha value is -2.47. The molecule has 1 saturated carbocycles. The zero-order valence-electron chi connectivity index (χ0n) is 20.0. The summed E-state index contributed by atoms with van der Waals surface area (Å²) in [4.78, 5) is 30.1. The number of halogens is 2. The summed E-state index contributed by atoms with van der Waals surface area (Å²) in [7, 11) is 0. The van der Waals surface area contributed by atoms with E-state index < -0.39 is 6.04 Å². The van der Waals surface area contributed by atoms with E-state index in [4.69, 9.17) is 23.2 Å². The second-order valence-corrected chi connectivity index (χ2v) is 10.9.